The molecule has 2 aliphatic rings. The summed E-state index contributed by atoms with van der Waals surface area (Å²) in [5, 5.41) is 0. The molecule has 0 spiro atoms. The number of ether oxygens (including phenoxy) is 3. The fourth-order valence-corrected chi connectivity index (χ4v) is 3.74. The van der Waals surface area contributed by atoms with Crippen LogP contribution in [-0.4, -0.2) is 43.1 Å². The Labute approximate surface area is 175 Å². The second-order valence-corrected chi connectivity index (χ2v) is 7.25. The molecule has 2 aromatic carbocycles. The van der Waals surface area contributed by atoms with E-state index in [2.05, 4.69) is 0 Å². The fraction of sp³-hybridized carbons (Fsp3) is 0.304. The predicted octanol–water partition coefficient (Wildman–Crippen LogP) is 2.70. The first kappa shape index (κ1) is 19.8. The molecule has 30 heavy (non-hydrogen) atoms. The van der Waals surface area contributed by atoms with E-state index in [0.29, 0.717) is 19.0 Å². The fourth-order valence-electron chi connectivity index (χ4n) is 3.74. The first-order chi connectivity index (χ1) is 14.6. The van der Waals surface area contributed by atoms with E-state index < -0.39 is 5.91 Å². The van der Waals surface area contributed by atoms with Gasteiger partial charge in [-0.2, -0.15) is 0 Å². The first-order valence-electron chi connectivity index (χ1n) is 9.99. The summed E-state index contributed by atoms with van der Waals surface area (Å²) in [5.74, 6) is 1.50. The van der Waals surface area contributed by atoms with Crippen LogP contribution in [0.15, 0.2) is 48.5 Å². The minimum absolute atomic E-state index is 0.0264. The van der Waals surface area contributed by atoms with Crippen LogP contribution in [0.4, 0.5) is 0 Å². The largest absolute Gasteiger partial charge is 0.486 e. The van der Waals surface area contributed by atoms with E-state index in [9.17, 15) is 9.59 Å². The number of benzene rings is 2. The Balaban J connectivity index is 1.42. The Morgan fingerprint density at radius 1 is 1.10 bits per heavy atom. The van der Waals surface area contributed by atoms with E-state index >= 15 is 0 Å². The molecule has 1 saturated heterocycles. The van der Waals surface area contributed by atoms with Gasteiger partial charge in [-0.15, -0.1) is 0 Å². The molecule has 2 N–H and O–H groups in total. The number of nitrogens with two attached hydrogens (primary N) is 1. The van der Waals surface area contributed by atoms with Crippen LogP contribution >= 0.6 is 0 Å². The number of rotatable bonds is 6. The molecule has 0 bridgehead atoms. The lowest BCUT2D eigenvalue weighted by Crippen LogP contribution is -2.29. The van der Waals surface area contributed by atoms with Crippen LogP contribution in [0.5, 0.6) is 17.2 Å². The van der Waals surface area contributed by atoms with Gasteiger partial charge in [-0.25, -0.2) is 0 Å². The molecule has 0 saturated carbocycles. The Hall–Kier alpha value is -3.48. The maximum atomic E-state index is 12.8. The average Bonchev–Trinajstić information content (AvgIpc) is 3.26. The molecule has 2 aromatic rings. The Morgan fingerprint density at radius 3 is 2.63 bits per heavy atom. The zero-order chi connectivity index (χ0) is 20.9. The Kier molecular flexibility index (Phi) is 5.88. The van der Waals surface area contributed by atoms with Crippen molar-refractivity contribution >= 4 is 17.9 Å². The van der Waals surface area contributed by atoms with Gasteiger partial charge in [-0.05, 0) is 54.3 Å². The van der Waals surface area contributed by atoms with E-state index in [1.807, 2.05) is 35.2 Å². The molecule has 1 fully saturated rings. The monoisotopic (exact) mass is 408 g/mol. The molecule has 2 aliphatic heterocycles. The van der Waals surface area contributed by atoms with Gasteiger partial charge in [0.15, 0.2) is 18.1 Å². The van der Waals surface area contributed by atoms with Crippen molar-refractivity contribution in [3.05, 3.63) is 59.7 Å². The van der Waals surface area contributed by atoms with Gasteiger partial charge in [0.1, 0.15) is 19.0 Å². The van der Waals surface area contributed by atoms with Gasteiger partial charge in [-0.3, -0.25) is 9.59 Å². The smallest absolute Gasteiger partial charge is 0.255 e. The Morgan fingerprint density at radius 2 is 1.87 bits per heavy atom. The molecule has 4 rings (SSSR count). The highest BCUT2D eigenvalue weighted by Gasteiger charge is 2.29. The number of primary amides is 1. The van der Waals surface area contributed by atoms with Gasteiger partial charge >= 0.3 is 0 Å². The van der Waals surface area contributed by atoms with Gasteiger partial charge in [0, 0.05) is 12.6 Å². The molecule has 1 unspecified atom stereocenters. The molecular weight excluding hydrogens is 384 g/mol. The summed E-state index contributed by atoms with van der Waals surface area (Å²) >= 11 is 0. The second kappa shape index (κ2) is 8.90. The summed E-state index contributed by atoms with van der Waals surface area (Å²) in [5.41, 5.74) is 7.00. The Bertz CT molecular complexity index is 955. The molecule has 156 valence electrons. The lowest BCUT2D eigenvalue weighted by Gasteiger charge is -2.26. The third-order valence-electron chi connectivity index (χ3n) is 5.17. The van der Waals surface area contributed by atoms with Crippen molar-refractivity contribution in [2.24, 2.45) is 5.73 Å². The number of fused-ring (bicyclic) bond motifs is 1. The quantitative estimate of drug-likeness (QED) is 0.742. The molecule has 7 nitrogen and oxygen atoms in total. The number of likely N-dealkylation sites (tertiary alicyclic amines) is 1. The third kappa shape index (κ3) is 4.56. The van der Waals surface area contributed by atoms with Gasteiger partial charge in [0.2, 0.25) is 5.91 Å². The van der Waals surface area contributed by atoms with Gasteiger partial charge in [0.05, 0.1) is 6.04 Å². The molecular formula is C23H24N2O5. The lowest BCUT2D eigenvalue weighted by atomic mass is 10.0. The highest BCUT2D eigenvalue weighted by Crippen LogP contribution is 2.38. The van der Waals surface area contributed by atoms with Crippen molar-refractivity contribution < 1.29 is 23.8 Å². The second-order valence-electron chi connectivity index (χ2n) is 7.25. The highest BCUT2D eigenvalue weighted by atomic mass is 16.6. The summed E-state index contributed by atoms with van der Waals surface area (Å²) < 4.78 is 16.5. The number of nitrogens with zero attached hydrogens (tertiary/aromatic N) is 1. The van der Waals surface area contributed by atoms with Crippen LogP contribution in [0.25, 0.3) is 6.08 Å². The molecule has 2 heterocycles. The topological polar surface area (TPSA) is 91.1 Å². The minimum atomic E-state index is -0.525. The number of amides is 2. The van der Waals surface area contributed by atoms with E-state index in [1.165, 1.54) is 0 Å². The maximum Gasteiger partial charge on any atom is 0.255 e. The summed E-state index contributed by atoms with van der Waals surface area (Å²) in [7, 11) is 0. The maximum absolute atomic E-state index is 12.8. The number of hydrogen-bond donors (Lipinski definition) is 1. The third-order valence-corrected chi connectivity index (χ3v) is 5.17. The van der Waals surface area contributed by atoms with Crippen LogP contribution in [0.3, 0.4) is 0 Å². The van der Waals surface area contributed by atoms with Crippen molar-refractivity contribution in [3.63, 3.8) is 0 Å². The zero-order valence-electron chi connectivity index (χ0n) is 16.6. The average molecular weight is 408 g/mol. The van der Waals surface area contributed by atoms with E-state index in [4.69, 9.17) is 19.9 Å². The minimum Gasteiger partial charge on any atom is -0.486 e. The van der Waals surface area contributed by atoms with E-state index in [-0.39, 0.29) is 18.6 Å². The number of hydrogen-bond acceptors (Lipinski definition) is 5. The van der Waals surface area contributed by atoms with Crippen LogP contribution < -0.4 is 19.9 Å². The zero-order valence-corrected chi connectivity index (χ0v) is 16.6. The van der Waals surface area contributed by atoms with Crippen LogP contribution in [-0.2, 0) is 9.59 Å². The van der Waals surface area contributed by atoms with Crippen molar-refractivity contribution in [2.45, 2.75) is 18.9 Å². The lowest BCUT2D eigenvalue weighted by molar-refractivity contribution is -0.126. The molecule has 0 aliphatic carbocycles. The van der Waals surface area contributed by atoms with E-state index in [1.54, 1.807) is 24.3 Å². The predicted molar refractivity (Wildman–Crippen MR) is 111 cm³/mol. The number of carbonyl (C=O) groups excluding carboxylic acids is 2. The summed E-state index contributed by atoms with van der Waals surface area (Å²) in [6.07, 6.45) is 5.25. The summed E-state index contributed by atoms with van der Waals surface area (Å²) in [4.78, 5) is 25.5. The van der Waals surface area contributed by atoms with Crippen molar-refractivity contribution in [3.8, 4) is 17.2 Å². The number of carbonyl (C=O) groups is 2. The summed E-state index contributed by atoms with van der Waals surface area (Å²) in [6, 6.07) is 13.1. The van der Waals surface area contributed by atoms with Crippen LogP contribution in [0.2, 0.25) is 0 Å². The van der Waals surface area contributed by atoms with Gasteiger partial charge in [0.25, 0.3) is 5.91 Å². The standard InChI is InChI=1S/C23H24N2O5/c24-22(26)15-30-18-7-3-16(4-8-18)5-10-23(27)25-11-1-2-19(25)17-6-9-20-21(14-17)29-13-12-28-20/h3-10,14,19H,1-2,11-13,15H2,(H2,24,26)/b10-5+. The van der Waals surface area contributed by atoms with Crippen molar-refractivity contribution in [1.29, 1.82) is 0 Å². The normalized spacial score (nSPS) is 17.9. The van der Waals surface area contributed by atoms with Gasteiger partial charge in [-0.1, -0.05) is 18.2 Å². The molecule has 0 aromatic heterocycles. The first-order valence-corrected chi connectivity index (χ1v) is 9.99. The SMILES string of the molecule is NC(=O)COc1ccc(/C=C/C(=O)N2CCCC2c2ccc3c(c2)OCCO3)cc1. The van der Waals surface area contributed by atoms with E-state index in [0.717, 1.165) is 42.0 Å². The van der Waals surface area contributed by atoms with Crippen molar-refractivity contribution in [1.82, 2.24) is 4.90 Å². The molecule has 0 radical (unpaired) electrons. The highest BCUT2D eigenvalue weighted by molar-refractivity contribution is 5.92. The van der Waals surface area contributed by atoms with Crippen LogP contribution in [0.1, 0.15) is 30.0 Å². The molecule has 1 atom stereocenters. The summed E-state index contributed by atoms with van der Waals surface area (Å²) in [6.45, 7) is 1.66. The van der Waals surface area contributed by atoms with Crippen molar-refractivity contribution in [2.75, 3.05) is 26.4 Å². The van der Waals surface area contributed by atoms with Gasteiger partial charge < -0.3 is 24.8 Å². The molecule has 2 amide bonds. The molecule has 7 heteroatoms. The van der Waals surface area contributed by atoms with Crippen LogP contribution in [0, 0.1) is 0 Å².